The van der Waals surface area contributed by atoms with Crippen LogP contribution < -0.4 is 5.56 Å². The smallest absolute Gasteiger partial charge is 0.278 e. The van der Waals surface area contributed by atoms with Gasteiger partial charge in [-0.2, -0.15) is 0 Å². The fourth-order valence-electron chi connectivity index (χ4n) is 3.11. The van der Waals surface area contributed by atoms with Crippen molar-refractivity contribution in [2.24, 2.45) is 5.92 Å². The van der Waals surface area contributed by atoms with Crippen LogP contribution in [0.15, 0.2) is 40.3 Å². The molecule has 5 heteroatoms. The van der Waals surface area contributed by atoms with Crippen LogP contribution in [0.3, 0.4) is 0 Å². The van der Waals surface area contributed by atoms with Gasteiger partial charge in [-0.05, 0) is 37.7 Å². The molecule has 0 fully saturated rings. The fourth-order valence-corrected chi connectivity index (χ4v) is 3.68. The highest BCUT2D eigenvalue weighted by Crippen LogP contribution is 2.21. The molecule has 25 heavy (non-hydrogen) atoms. The van der Waals surface area contributed by atoms with Crippen molar-refractivity contribution >= 4 is 22.8 Å². The van der Waals surface area contributed by atoms with Crippen molar-refractivity contribution in [3.8, 4) is 0 Å². The summed E-state index contributed by atoms with van der Waals surface area (Å²) in [6.07, 6.45) is 1.97. The van der Waals surface area contributed by atoms with Crippen molar-refractivity contribution in [3.63, 3.8) is 0 Å². The lowest BCUT2D eigenvalue weighted by molar-refractivity contribution is 0.474. The van der Waals surface area contributed by atoms with Crippen LogP contribution in [0.4, 0.5) is 0 Å². The first-order valence-corrected chi connectivity index (χ1v) is 9.83. The number of aryl methyl sites for hydroxylation is 2. The second-order valence-electron chi connectivity index (χ2n) is 7.00. The lowest BCUT2D eigenvalue weighted by Crippen LogP contribution is -2.27. The Morgan fingerprint density at radius 3 is 2.40 bits per heavy atom. The van der Waals surface area contributed by atoms with Crippen LogP contribution in [0.1, 0.15) is 30.7 Å². The van der Waals surface area contributed by atoms with E-state index in [9.17, 15) is 4.79 Å². The first-order chi connectivity index (χ1) is 11.9. The zero-order valence-electron chi connectivity index (χ0n) is 15.5. The van der Waals surface area contributed by atoms with E-state index < -0.39 is 0 Å². The average Bonchev–Trinajstić information content (AvgIpc) is 2.87. The molecule has 0 aliphatic carbocycles. The van der Waals surface area contributed by atoms with Gasteiger partial charge in [-0.1, -0.05) is 55.4 Å². The maximum atomic E-state index is 13.2. The van der Waals surface area contributed by atoms with Gasteiger partial charge in [0.1, 0.15) is 5.52 Å². The standard InChI is InChI=1S/C20H25N3OS/c1-13(2)11-23-19(24)18-17(21-20(23)25-5)10-15(4)22(18)12-16-8-6-14(3)7-9-16/h6-10,13H,11-12H2,1-5H3. The Morgan fingerprint density at radius 2 is 1.80 bits per heavy atom. The molecule has 0 spiro atoms. The van der Waals surface area contributed by atoms with E-state index in [1.54, 1.807) is 0 Å². The molecule has 132 valence electrons. The predicted molar refractivity (Wildman–Crippen MR) is 106 cm³/mol. The molecule has 3 rings (SSSR count). The van der Waals surface area contributed by atoms with E-state index in [1.807, 2.05) is 23.8 Å². The van der Waals surface area contributed by atoms with Gasteiger partial charge in [0.25, 0.3) is 5.56 Å². The van der Waals surface area contributed by atoms with Gasteiger partial charge in [0, 0.05) is 18.8 Å². The highest BCUT2D eigenvalue weighted by molar-refractivity contribution is 7.98. The second kappa shape index (κ2) is 7.08. The van der Waals surface area contributed by atoms with Crippen molar-refractivity contribution < 1.29 is 0 Å². The van der Waals surface area contributed by atoms with E-state index in [2.05, 4.69) is 49.6 Å². The summed E-state index contributed by atoms with van der Waals surface area (Å²) in [4.78, 5) is 18.0. The normalized spacial score (nSPS) is 11.6. The second-order valence-corrected chi connectivity index (χ2v) is 7.77. The zero-order chi connectivity index (χ0) is 18.1. The van der Waals surface area contributed by atoms with Gasteiger partial charge >= 0.3 is 0 Å². The largest absolute Gasteiger partial charge is 0.335 e. The van der Waals surface area contributed by atoms with E-state index >= 15 is 0 Å². The third kappa shape index (κ3) is 3.52. The molecule has 4 nitrogen and oxygen atoms in total. The maximum absolute atomic E-state index is 13.2. The summed E-state index contributed by atoms with van der Waals surface area (Å²) in [6.45, 7) is 9.74. The minimum absolute atomic E-state index is 0.0586. The Bertz CT molecular complexity index is 952. The fraction of sp³-hybridized carbons (Fsp3) is 0.400. The Kier molecular flexibility index (Phi) is 5.04. The number of benzene rings is 1. The van der Waals surface area contributed by atoms with Crippen LogP contribution in [-0.4, -0.2) is 20.4 Å². The number of fused-ring (bicyclic) bond motifs is 1. The summed E-state index contributed by atoms with van der Waals surface area (Å²) in [6, 6.07) is 10.5. The Morgan fingerprint density at radius 1 is 1.12 bits per heavy atom. The van der Waals surface area contributed by atoms with Crippen LogP contribution in [0.5, 0.6) is 0 Å². The monoisotopic (exact) mass is 355 g/mol. The molecule has 0 amide bonds. The molecule has 3 aromatic rings. The number of aromatic nitrogens is 3. The number of rotatable bonds is 5. The molecule has 0 unspecified atom stereocenters. The van der Waals surface area contributed by atoms with Crippen molar-refractivity contribution in [1.82, 2.24) is 14.1 Å². The molecule has 0 radical (unpaired) electrons. The number of nitrogens with zero attached hydrogens (tertiary/aromatic N) is 3. The highest BCUT2D eigenvalue weighted by Gasteiger charge is 2.17. The van der Waals surface area contributed by atoms with Crippen LogP contribution in [0.25, 0.3) is 11.0 Å². The first kappa shape index (κ1) is 17.8. The van der Waals surface area contributed by atoms with Crippen molar-refractivity contribution in [2.75, 3.05) is 6.26 Å². The van der Waals surface area contributed by atoms with Crippen molar-refractivity contribution in [3.05, 3.63) is 57.5 Å². The SMILES string of the molecule is CSc1nc2cc(C)n(Cc3ccc(C)cc3)c2c(=O)n1CC(C)C. The Balaban J connectivity index is 2.17. The lowest BCUT2D eigenvalue weighted by Gasteiger charge is -2.14. The quantitative estimate of drug-likeness (QED) is 0.508. The summed E-state index contributed by atoms with van der Waals surface area (Å²) in [5, 5.41) is 0.790. The summed E-state index contributed by atoms with van der Waals surface area (Å²) in [5.74, 6) is 0.393. The van der Waals surface area contributed by atoms with Crippen LogP contribution in [-0.2, 0) is 13.1 Å². The molecule has 0 saturated heterocycles. The van der Waals surface area contributed by atoms with Crippen LogP contribution in [0, 0.1) is 19.8 Å². The van der Waals surface area contributed by atoms with Gasteiger partial charge in [0.05, 0.1) is 5.52 Å². The van der Waals surface area contributed by atoms with Crippen molar-refractivity contribution in [2.45, 2.75) is 45.9 Å². The van der Waals surface area contributed by atoms with Crippen LogP contribution >= 0.6 is 11.8 Å². The summed E-state index contributed by atoms with van der Waals surface area (Å²) in [7, 11) is 0. The number of hydrogen-bond acceptors (Lipinski definition) is 3. The minimum atomic E-state index is 0.0586. The summed E-state index contributed by atoms with van der Waals surface area (Å²) < 4.78 is 3.92. The van der Waals surface area contributed by atoms with E-state index in [-0.39, 0.29) is 5.56 Å². The molecule has 0 aliphatic rings. The van der Waals surface area contributed by atoms with E-state index in [1.165, 1.54) is 22.9 Å². The summed E-state index contributed by atoms with van der Waals surface area (Å²) >= 11 is 1.53. The molecule has 2 heterocycles. The van der Waals surface area contributed by atoms with E-state index in [0.717, 1.165) is 16.4 Å². The van der Waals surface area contributed by atoms with E-state index in [0.29, 0.717) is 24.5 Å². The molecule has 0 saturated carbocycles. The molecule has 0 aliphatic heterocycles. The van der Waals surface area contributed by atoms with E-state index in [4.69, 9.17) is 4.98 Å². The third-order valence-corrected chi connectivity index (χ3v) is 5.05. The van der Waals surface area contributed by atoms with Crippen LogP contribution in [0.2, 0.25) is 0 Å². The maximum Gasteiger partial charge on any atom is 0.278 e. The lowest BCUT2D eigenvalue weighted by atomic mass is 10.1. The zero-order valence-corrected chi connectivity index (χ0v) is 16.4. The molecule has 0 N–H and O–H groups in total. The topological polar surface area (TPSA) is 39.8 Å². The number of hydrogen-bond donors (Lipinski definition) is 0. The third-order valence-electron chi connectivity index (χ3n) is 4.37. The Hall–Kier alpha value is -2.01. The van der Waals surface area contributed by atoms with Gasteiger partial charge in [-0.3, -0.25) is 9.36 Å². The van der Waals surface area contributed by atoms with Gasteiger partial charge in [0.15, 0.2) is 5.16 Å². The molecule has 1 aromatic carbocycles. The first-order valence-electron chi connectivity index (χ1n) is 8.61. The van der Waals surface area contributed by atoms with Crippen molar-refractivity contribution in [1.29, 1.82) is 0 Å². The highest BCUT2D eigenvalue weighted by atomic mass is 32.2. The molecule has 0 bridgehead atoms. The Labute approximate surface area is 152 Å². The van der Waals surface area contributed by atoms with Gasteiger partial charge < -0.3 is 4.57 Å². The molecular formula is C20H25N3OS. The minimum Gasteiger partial charge on any atom is -0.335 e. The molecule has 2 aromatic heterocycles. The van der Waals surface area contributed by atoms with Gasteiger partial charge in [-0.15, -0.1) is 0 Å². The number of thioether (sulfide) groups is 1. The van der Waals surface area contributed by atoms with Gasteiger partial charge in [-0.25, -0.2) is 4.98 Å². The molecule has 0 atom stereocenters. The summed E-state index contributed by atoms with van der Waals surface area (Å²) in [5.41, 5.74) is 5.05. The van der Waals surface area contributed by atoms with Gasteiger partial charge in [0.2, 0.25) is 0 Å². The molecular weight excluding hydrogens is 330 g/mol. The predicted octanol–water partition coefficient (Wildman–Crippen LogP) is 4.24. The average molecular weight is 356 g/mol.